The van der Waals surface area contributed by atoms with Crippen molar-refractivity contribution in [3.05, 3.63) is 35.8 Å². The van der Waals surface area contributed by atoms with Gasteiger partial charge in [0.1, 0.15) is 5.82 Å². The van der Waals surface area contributed by atoms with E-state index in [1.165, 1.54) is 0 Å². The first-order valence-electron chi connectivity index (χ1n) is 4.70. The zero-order chi connectivity index (χ0) is 10.7. The first-order valence-corrected chi connectivity index (χ1v) is 4.70. The van der Waals surface area contributed by atoms with Crippen LogP contribution in [-0.4, -0.2) is 15.2 Å². The van der Waals surface area contributed by atoms with Crippen molar-refractivity contribution < 1.29 is 0 Å². The molecule has 5 heteroatoms. The fraction of sp³-hybridized carbons (Fsp3) is 0.200. The molecular weight excluding hydrogens is 190 g/mol. The maximum absolute atomic E-state index is 5.61. The fourth-order valence-electron chi connectivity index (χ4n) is 1.34. The highest BCUT2D eigenvalue weighted by Gasteiger charge is 2.00. The first-order chi connectivity index (χ1) is 7.25. The van der Waals surface area contributed by atoms with E-state index in [9.17, 15) is 0 Å². The molecule has 5 nitrogen and oxygen atoms in total. The molecule has 2 aromatic rings. The highest BCUT2D eigenvalue weighted by Crippen LogP contribution is 2.14. The van der Waals surface area contributed by atoms with Crippen molar-refractivity contribution >= 4 is 11.5 Å². The van der Waals surface area contributed by atoms with Crippen LogP contribution in [0.4, 0.5) is 11.5 Å². The van der Waals surface area contributed by atoms with E-state index in [2.05, 4.69) is 20.5 Å². The lowest BCUT2D eigenvalue weighted by Crippen LogP contribution is -2.04. The van der Waals surface area contributed by atoms with Gasteiger partial charge in [0.15, 0.2) is 0 Å². The number of hydrogen-bond donors (Lipinski definition) is 3. The number of aromatic nitrogens is 3. The predicted octanol–water partition coefficient (Wildman–Crippen LogP) is 1.31. The van der Waals surface area contributed by atoms with Crippen LogP contribution in [0, 0.1) is 6.92 Å². The van der Waals surface area contributed by atoms with E-state index >= 15 is 0 Å². The van der Waals surface area contributed by atoms with Gasteiger partial charge in [0.2, 0.25) is 0 Å². The number of aryl methyl sites for hydroxylation is 1. The molecule has 2 heterocycles. The summed E-state index contributed by atoms with van der Waals surface area (Å²) in [5.41, 5.74) is 8.35. The molecule has 0 fully saturated rings. The zero-order valence-corrected chi connectivity index (χ0v) is 8.49. The van der Waals surface area contributed by atoms with Gasteiger partial charge >= 0.3 is 0 Å². The van der Waals surface area contributed by atoms with Crippen LogP contribution < -0.4 is 11.1 Å². The van der Waals surface area contributed by atoms with Crippen molar-refractivity contribution in [3.8, 4) is 0 Å². The summed E-state index contributed by atoms with van der Waals surface area (Å²) < 4.78 is 0. The van der Waals surface area contributed by atoms with E-state index in [0.29, 0.717) is 12.2 Å². The number of rotatable bonds is 3. The van der Waals surface area contributed by atoms with Gasteiger partial charge in [0.05, 0.1) is 24.1 Å². The topological polar surface area (TPSA) is 79.6 Å². The van der Waals surface area contributed by atoms with Gasteiger partial charge in [-0.1, -0.05) is 0 Å². The monoisotopic (exact) mass is 203 g/mol. The maximum Gasteiger partial charge on any atom is 0.129 e. The molecule has 4 N–H and O–H groups in total. The summed E-state index contributed by atoms with van der Waals surface area (Å²) in [5.74, 6) is 0.846. The number of nitrogens with zero attached hydrogens (tertiary/aromatic N) is 2. The third kappa shape index (κ3) is 2.25. The van der Waals surface area contributed by atoms with E-state index in [-0.39, 0.29) is 0 Å². The molecule has 0 spiro atoms. The van der Waals surface area contributed by atoms with Crippen LogP contribution in [0.15, 0.2) is 24.5 Å². The minimum atomic E-state index is 0.678. The highest BCUT2D eigenvalue weighted by molar-refractivity contribution is 5.50. The molecule has 2 rings (SSSR count). The van der Waals surface area contributed by atoms with Crippen LogP contribution >= 0.6 is 0 Å². The minimum absolute atomic E-state index is 0.678. The molecule has 15 heavy (non-hydrogen) atoms. The van der Waals surface area contributed by atoms with Crippen molar-refractivity contribution in [2.45, 2.75) is 13.5 Å². The average molecular weight is 203 g/mol. The van der Waals surface area contributed by atoms with Crippen LogP contribution in [0.2, 0.25) is 0 Å². The van der Waals surface area contributed by atoms with E-state index in [4.69, 9.17) is 5.73 Å². The SMILES string of the molecule is Cc1cc(N)cnc1NCc1ccn[nH]1. The molecule has 0 bridgehead atoms. The van der Waals surface area contributed by atoms with Crippen molar-refractivity contribution in [2.75, 3.05) is 11.1 Å². The molecule has 0 aliphatic carbocycles. The van der Waals surface area contributed by atoms with Gasteiger partial charge in [-0.25, -0.2) is 4.98 Å². The summed E-state index contributed by atoms with van der Waals surface area (Å²) >= 11 is 0. The molecule has 0 atom stereocenters. The van der Waals surface area contributed by atoms with Crippen LogP contribution in [0.5, 0.6) is 0 Å². The van der Waals surface area contributed by atoms with Gasteiger partial charge in [0.25, 0.3) is 0 Å². The number of nitrogens with one attached hydrogen (secondary N) is 2. The highest BCUT2D eigenvalue weighted by atomic mass is 15.1. The molecular formula is C10H13N5. The van der Waals surface area contributed by atoms with Gasteiger partial charge in [-0.3, -0.25) is 5.10 Å². The number of H-pyrrole nitrogens is 1. The Morgan fingerprint density at radius 3 is 3.07 bits per heavy atom. The Hall–Kier alpha value is -2.04. The van der Waals surface area contributed by atoms with E-state index < -0.39 is 0 Å². The second-order valence-electron chi connectivity index (χ2n) is 3.37. The van der Waals surface area contributed by atoms with Crippen LogP contribution in [-0.2, 0) is 6.54 Å². The van der Waals surface area contributed by atoms with Crippen LogP contribution in [0.25, 0.3) is 0 Å². The summed E-state index contributed by atoms with van der Waals surface area (Å²) in [6.45, 7) is 2.65. The molecule has 78 valence electrons. The normalized spacial score (nSPS) is 10.2. The first kappa shape index (κ1) is 9.51. The molecule has 0 saturated carbocycles. The second-order valence-corrected chi connectivity index (χ2v) is 3.37. The summed E-state index contributed by atoms with van der Waals surface area (Å²) in [5, 5.41) is 9.94. The number of hydrogen-bond acceptors (Lipinski definition) is 4. The Balaban J connectivity index is 2.05. The van der Waals surface area contributed by atoms with Crippen molar-refractivity contribution in [1.29, 1.82) is 0 Å². The Morgan fingerprint density at radius 2 is 2.40 bits per heavy atom. The molecule has 0 aliphatic rings. The van der Waals surface area contributed by atoms with Gasteiger partial charge < -0.3 is 11.1 Å². The van der Waals surface area contributed by atoms with E-state index in [0.717, 1.165) is 17.1 Å². The molecule has 0 unspecified atom stereocenters. The third-order valence-electron chi connectivity index (χ3n) is 2.10. The van der Waals surface area contributed by atoms with Gasteiger partial charge in [0, 0.05) is 6.20 Å². The smallest absolute Gasteiger partial charge is 0.129 e. The second kappa shape index (κ2) is 4.00. The van der Waals surface area contributed by atoms with E-state index in [1.807, 2.05) is 19.1 Å². The lowest BCUT2D eigenvalue weighted by Gasteiger charge is -2.07. The summed E-state index contributed by atoms with van der Waals surface area (Å²) in [4.78, 5) is 4.21. The molecule has 0 aromatic carbocycles. The lowest BCUT2D eigenvalue weighted by atomic mass is 10.2. The molecule has 0 radical (unpaired) electrons. The molecule has 0 saturated heterocycles. The Morgan fingerprint density at radius 1 is 1.53 bits per heavy atom. The third-order valence-corrected chi connectivity index (χ3v) is 2.10. The maximum atomic E-state index is 5.61. The summed E-state index contributed by atoms with van der Waals surface area (Å²) in [6.07, 6.45) is 3.36. The van der Waals surface area contributed by atoms with Gasteiger partial charge in [-0.15, -0.1) is 0 Å². The Bertz CT molecular complexity index is 435. The van der Waals surface area contributed by atoms with Crippen molar-refractivity contribution in [1.82, 2.24) is 15.2 Å². The van der Waals surface area contributed by atoms with Gasteiger partial charge in [-0.05, 0) is 24.6 Å². The van der Waals surface area contributed by atoms with Crippen LogP contribution in [0.1, 0.15) is 11.3 Å². The number of nitrogens with two attached hydrogens (primary N) is 1. The Kier molecular flexibility index (Phi) is 2.53. The van der Waals surface area contributed by atoms with E-state index in [1.54, 1.807) is 12.4 Å². The van der Waals surface area contributed by atoms with Crippen molar-refractivity contribution in [2.24, 2.45) is 0 Å². The zero-order valence-electron chi connectivity index (χ0n) is 8.49. The Labute approximate surface area is 87.7 Å². The molecule has 2 aromatic heterocycles. The van der Waals surface area contributed by atoms with Gasteiger partial charge in [-0.2, -0.15) is 5.10 Å². The molecule has 0 aliphatic heterocycles. The largest absolute Gasteiger partial charge is 0.397 e. The minimum Gasteiger partial charge on any atom is -0.397 e. The summed E-state index contributed by atoms with van der Waals surface area (Å²) in [6, 6.07) is 3.81. The van der Waals surface area contributed by atoms with Crippen LogP contribution in [0.3, 0.4) is 0 Å². The number of aromatic amines is 1. The number of pyridine rings is 1. The predicted molar refractivity (Wildman–Crippen MR) is 59.3 cm³/mol. The average Bonchev–Trinajstić information content (AvgIpc) is 2.69. The number of anilines is 2. The number of nitrogen functional groups attached to an aromatic ring is 1. The summed E-state index contributed by atoms with van der Waals surface area (Å²) in [7, 11) is 0. The standard InChI is InChI=1S/C10H13N5/c1-7-4-8(11)5-12-10(7)13-6-9-2-3-14-15-9/h2-5H,6,11H2,1H3,(H,12,13)(H,14,15). The fourth-order valence-corrected chi connectivity index (χ4v) is 1.34. The molecule has 0 amide bonds. The lowest BCUT2D eigenvalue weighted by molar-refractivity contribution is 0.972. The van der Waals surface area contributed by atoms with Crippen molar-refractivity contribution in [3.63, 3.8) is 0 Å². The quantitative estimate of drug-likeness (QED) is 0.702.